The van der Waals surface area contributed by atoms with Crippen molar-refractivity contribution in [2.24, 2.45) is 5.73 Å². The first-order chi connectivity index (χ1) is 7.26. The van der Waals surface area contributed by atoms with Gasteiger partial charge < -0.3 is 10.3 Å². The first kappa shape index (κ1) is 12.2. The molecule has 3 heteroatoms. The van der Waals surface area contributed by atoms with Crippen LogP contribution in [0.1, 0.15) is 45.2 Å². The summed E-state index contributed by atoms with van der Waals surface area (Å²) < 4.78 is 2.17. The van der Waals surface area contributed by atoms with Gasteiger partial charge in [0, 0.05) is 25.2 Å². The Balaban J connectivity index is 2.35. The second-order valence-electron chi connectivity index (χ2n) is 4.18. The summed E-state index contributed by atoms with van der Waals surface area (Å²) in [6.45, 7) is 5.42. The highest BCUT2D eigenvalue weighted by Crippen LogP contribution is 2.04. The molecule has 1 unspecified atom stereocenters. The minimum absolute atomic E-state index is 0.254. The Labute approximate surface area is 92.7 Å². The third kappa shape index (κ3) is 4.47. The van der Waals surface area contributed by atoms with Gasteiger partial charge in [0.2, 0.25) is 0 Å². The van der Waals surface area contributed by atoms with Gasteiger partial charge in [-0.1, -0.05) is 26.7 Å². The molecule has 0 bridgehead atoms. The molecule has 86 valence electrons. The Kier molecular flexibility index (Phi) is 5.40. The quantitative estimate of drug-likeness (QED) is 0.701. The monoisotopic (exact) mass is 209 g/mol. The molecule has 1 rings (SSSR count). The predicted molar refractivity (Wildman–Crippen MR) is 63.7 cm³/mol. The van der Waals surface area contributed by atoms with E-state index in [2.05, 4.69) is 29.6 Å². The predicted octanol–water partition coefficient (Wildman–Crippen LogP) is 2.35. The fourth-order valence-electron chi connectivity index (χ4n) is 1.59. The minimum atomic E-state index is 0.254. The van der Waals surface area contributed by atoms with Crippen LogP contribution in [0.25, 0.3) is 0 Å². The van der Waals surface area contributed by atoms with Crippen LogP contribution in [0.4, 0.5) is 0 Å². The van der Waals surface area contributed by atoms with E-state index in [9.17, 15) is 0 Å². The molecule has 0 aliphatic carbocycles. The van der Waals surface area contributed by atoms with Crippen molar-refractivity contribution in [3.8, 4) is 0 Å². The van der Waals surface area contributed by atoms with E-state index in [0.717, 1.165) is 25.1 Å². The van der Waals surface area contributed by atoms with Gasteiger partial charge in [-0.15, -0.1) is 0 Å². The van der Waals surface area contributed by atoms with Crippen molar-refractivity contribution in [1.82, 2.24) is 9.55 Å². The smallest absolute Gasteiger partial charge is 0.0949 e. The van der Waals surface area contributed by atoms with Gasteiger partial charge in [-0.2, -0.15) is 0 Å². The van der Waals surface area contributed by atoms with E-state index in [-0.39, 0.29) is 6.04 Å². The van der Waals surface area contributed by atoms with E-state index in [0.29, 0.717) is 0 Å². The van der Waals surface area contributed by atoms with Gasteiger partial charge in [-0.25, -0.2) is 4.98 Å². The van der Waals surface area contributed by atoms with Gasteiger partial charge >= 0.3 is 0 Å². The van der Waals surface area contributed by atoms with Crippen molar-refractivity contribution in [2.45, 2.75) is 58.5 Å². The molecule has 0 aliphatic rings. The van der Waals surface area contributed by atoms with E-state index in [1.807, 2.05) is 6.33 Å². The van der Waals surface area contributed by atoms with Gasteiger partial charge in [-0.05, 0) is 12.8 Å². The van der Waals surface area contributed by atoms with Crippen molar-refractivity contribution in [3.63, 3.8) is 0 Å². The van der Waals surface area contributed by atoms with E-state index < -0.39 is 0 Å². The second kappa shape index (κ2) is 6.62. The number of unbranched alkanes of at least 4 members (excludes halogenated alkanes) is 2. The normalized spacial score (nSPS) is 13.0. The molecule has 0 saturated carbocycles. The molecule has 1 heterocycles. The van der Waals surface area contributed by atoms with Crippen LogP contribution < -0.4 is 5.73 Å². The topological polar surface area (TPSA) is 43.8 Å². The molecule has 0 aromatic carbocycles. The third-order valence-electron chi connectivity index (χ3n) is 2.70. The van der Waals surface area contributed by atoms with E-state index in [1.54, 1.807) is 0 Å². The number of aromatic nitrogens is 2. The Hall–Kier alpha value is -0.830. The Bertz CT molecular complexity index is 268. The van der Waals surface area contributed by atoms with E-state index in [1.165, 1.54) is 19.3 Å². The molecule has 3 nitrogen and oxygen atoms in total. The number of imidazole rings is 1. The molecule has 1 atom stereocenters. The summed E-state index contributed by atoms with van der Waals surface area (Å²) >= 11 is 0. The van der Waals surface area contributed by atoms with Gasteiger partial charge in [-0.3, -0.25) is 0 Å². The van der Waals surface area contributed by atoms with Crippen LogP contribution in [0.2, 0.25) is 0 Å². The summed E-state index contributed by atoms with van der Waals surface area (Å²) in [6.07, 6.45) is 9.77. The minimum Gasteiger partial charge on any atom is -0.337 e. The zero-order valence-corrected chi connectivity index (χ0v) is 9.95. The standard InChI is InChI=1S/C12H23N3/c1-3-5-6-7-15-9-12(14-10-15)8-11(13)4-2/h9-11H,3-8,13H2,1-2H3. The summed E-state index contributed by atoms with van der Waals surface area (Å²) in [5.41, 5.74) is 7.01. The average molecular weight is 209 g/mol. The summed E-state index contributed by atoms with van der Waals surface area (Å²) in [5, 5.41) is 0. The molecule has 0 aliphatic heterocycles. The molecule has 2 N–H and O–H groups in total. The second-order valence-corrected chi connectivity index (χ2v) is 4.18. The summed E-state index contributed by atoms with van der Waals surface area (Å²) in [5.74, 6) is 0. The highest BCUT2D eigenvalue weighted by molar-refractivity contribution is 4.99. The van der Waals surface area contributed by atoms with Crippen LogP contribution in [0.15, 0.2) is 12.5 Å². The molecular weight excluding hydrogens is 186 g/mol. The van der Waals surface area contributed by atoms with Gasteiger partial charge in [0.1, 0.15) is 0 Å². The number of aryl methyl sites for hydroxylation is 1. The molecule has 0 amide bonds. The van der Waals surface area contributed by atoms with Crippen LogP contribution in [0, 0.1) is 0 Å². The largest absolute Gasteiger partial charge is 0.337 e. The van der Waals surface area contributed by atoms with Crippen LogP contribution in [0.5, 0.6) is 0 Å². The Morgan fingerprint density at radius 3 is 2.87 bits per heavy atom. The van der Waals surface area contributed by atoms with Crippen LogP contribution in [-0.4, -0.2) is 15.6 Å². The average Bonchev–Trinajstić information content (AvgIpc) is 2.66. The lowest BCUT2D eigenvalue weighted by Gasteiger charge is -2.04. The summed E-state index contributed by atoms with van der Waals surface area (Å²) in [7, 11) is 0. The van der Waals surface area contributed by atoms with Gasteiger partial charge in [0.15, 0.2) is 0 Å². The molecule has 0 spiro atoms. The molecule has 0 radical (unpaired) electrons. The van der Waals surface area contributed by atoms with Gasteiger partial charge in [0.05, 0.1) is 12.0 Å². The molecule has 15 heavy (non-hydrogen) atoms. The highest BCUT2D eigenvalue weighted by Gasteiger charge is 2.04. The zero-order chi connectivity index (χ0) is 11.1. The number of hydrogen-bond acceptors (Lipinski definition) is 2. The van der Waals surface area contributed by atoms with Crippen LogP contribution in [-0.2, 0) is 13.0 Å². The molecular formula is C12H23N3. The molecule has 1 aromatic rings. The van der Waals surface area contributed by atoms with Crippen molar-refractivity contribution < 1.29 is 0 Å². The maximum absolute atomic E-state index is 5.89. The Morgan fingerprint density at radius 1 is 1.40 bits per heavy atom. The summed E-state index contributed by atoms with van der Waals surface area (Å²) in [4.78, 5) is 4.37. The molecule has 1 aromatic heterocycles. The van der Waals surface area contributed by atoms with Gasteiger partial charge in [0.25, 0.3) is 0 Å². The number of rotatable bonds is 7. The number of hydrogen-bond donors (Lipinski definition) is 1. The van der Waals surface area contributed by atoms with Crippen molar-refractivity contribution in [3.05, 3.63) is 18.2 Å². The lowest BCUT2D eigenvalue weighted by Crippen LogP contribution is -2.21. The zero-order valence-electron chi connectivity index (χ0n) is 9.95. The third-order valence-corrected chi connectivity index (χ3v) is 2.70. The lowest BCUT2D eigenvalue weighted by molar-refractivity contribution is 0.600. The summed E-state index contributed by atoms with van der Waals surface area (Å²) in [6, 6.07) is 0.254. The molecule has 0 saturated heterocycles. The van der Waals surface area contributed by atoms with Crippen molar-refractivity contribution >= 4 is 0 Å². The van der Waals surface area contributed by atoms with Crippen molar-refractivity contribution in [1.29, 1.82) is 0 Å². The van der Waals surface area contributed by atoms with E-state index >= 15 is 0 Å². The SMILES string of the molecule is CCCCCn1cnc(CC(N)CC)c1. The maximum Gasteiger partial charge on any atom is 0.0949 e. The lowest BCUT2D eigenvalue weighted by atomic mass is 10.1. The van der Waals surface area contributed by atoms with E-state index in [4.69, 9.17) is 5.73 Å². The van der Waals surface area contributed by atoms with Crippen LogP contribution in [0.3, 0.4) is 0 Å². The first-order valence-electron chi connectivity index (χ1n) is 6.02. The molecule has 0 fully saturated rings. The number of nitrogens with zero attached hydrogens (tertiary/aromatic N) is 2. The first-order valence-corrected chi connectivity index (χ1v) is 6.02. The van der Waals surface area contributed by atoms with Crippen LogP contribution >= 0.6 is 0 Å². The Morgan fingerprint density at radius 2 is 2.20 bits per heavy atom. The fourth-order valence-corrected chi connectivity index (χ4v) is 1.59. The van der Waals surface area contributed by atoms with Crippen molar-refractivity contribution in [2.75, 3.05) is 0 Å². The fraction of sp³-hybridized carbons (Fsp3) is 0.750. The highest BCUT2D eigenvalue weighted by atomic mass is 15.0. The number of nitrogens with two attached hydrogens (primary N) is 1. The maximum atomic E-state index is 5.89.